The van der Waals surface area contributed by atoms with Gasteiger partial charge in [0.2, 0.25) is 7.20 Å². The van der Waals surface area contributed by atoms with E-state index in [-0.39, 0.29) is 12.2 Å². The lowest BCUT2D eigenvalue weighted by Gasteiger charge is -2.39. The molecule has 0 aliphatic heterocycles. The fraction of sp³-hybridized carbons (Fsp3) is 0.667. The molecule has 0 saturated heterocycles. The largest absolute Gasteiger partial charge is 0.318 e. The molecule has 0 N–H and O–H groups in total. The van der Waals surface area contributed by atoms with Crippen molar-refractivity contribution in [3.8, 4) is 0 Å². The Labute approximate surface area is 144 Å². The topological polar surface area (TPSA) is 30.8 Å². The van der Waals surface area contributed by atoms with Crippen LogP contribution in [0, 0.1) is 0 Å². The van der Waals surface area contributed by atoms with Gasteiger partial charge in [0.15, 0.2) is 0 Å². The third-order valence-corrected chi connectivity index (χ3v) is 13.0. The molecular weight excluding hydrogens is 324 g/mol. The number of hydrogen-bond donors (Lipinski definition) is 0. The Kier molecular flexibility index (Phi) is 8.45. The van der Waals surface area contributed by atoms with E-state index in [1.54, 1.807) is 0 Å². The number of nitrogens with zero attached hydrogens (tertiary/aromatic N) is 1. The van der Waals surface area contributed by atoms with Crippen LogP contribution in [-0.2, 0) is 9.05 Å². The van der Waals surface area contributed by atoms with Crippen molar-refractivity contribution in [2.24, 2.45) is 4.74 Å². The summed E-state index contributed by atoms with van der Waals surface area (Å²) in [6.07, 6.45) is 0.189. The Bertz CT molecular complexity index is 491. The monoisotopic (exact) mass is 357 g/mol. The summed E-state index contributed by atoms with van der Waals surface area (Å²) in [6.45, 7) is 17.4. The molecule has 5 heteroatoms. The van der Waals surface area contributed by atoms with Crippen molar-refractivity contribution in [2.45, 2.75) is 78.9 Å². The first kappa shape index (κ1) is 20.8. The van der Waals surface area contributed by atoms with E-state index in [2.05, 4.69) is 55.4 Å². The van der Waals surface area contributed by atoms with Gasteiger partial charge >= 0.3 is 0 Å². The van der Waals surface area contributed by atoms with E-state index in [1.807, 2.05) is 30.3 Å². The van der Waals surface area contributed by atoms with Gasteiger partial charge in [-0.05, 0) is 58.8 Å². The maximum atomic E-state index is 6.49. The zero-order chi connectivity index (χ0) is 17.6. The van der Waals surface area contributed by atoms with Crippen LogP contribution in [0.1, 0.15) is 55.4 Å². The molecule has 0 amide bonds. The van der Waals surface area contributed by atoms with Gasteiger partial charge in [0, 0.05) is 0 Å². The summed E-state index contributed by atoms with van der Waals surface area (Å²) < 4.78 is 18.1. The summed E-state index contributed by atoms with van der Waals surface area (Å²) >= 11 is 0. The zero-order valence-electron chi connectivity index (χ0n) is 15.9. The first-order valence-corrected chi connectivity index (χ1v) is 12.3. The van der Waals surface area contributed by atoms with Gasteiger partial charge in [-0.25, -0.2) is 4.74 Å². The van der Waals surface area contributed by atoms with E-state index in [4.69, 9.17) is 13.8 Å². The lowest BCUT2D eigenvalue weighted by Crippen LogP contribution is -2.13. The number of rotatable bonds is 8. The van der Waals surface area contributed by atoms with Crippen LogP contribution in [-0.4, -0.2) is 23.5 Å². The molecule has 0 saturated carbocycles. The van der Waals surface area contributed by atoms with Crippen molar-refractivity contribution in [3.05, 3.63) is 30.3 Å². The predicted molar refractivity (Wildman–Crippen MR) is 105 cm³/mol. The van der Waals surface area contributed by atoms with Crippen LogP contribution < -0.4 is 0 Å². The summed E-state index contributed by atoms with van der Waals surface area (Å²) in [7, 11) is -2.88. The Balaban J connectivity index is 3.55. The molecule has 0 unspecified atom stereocenters. The predicted octanol–water partition coefficient (Wildman–Crippen LogP) is 7.41. The Hall–Kier alpha value is -0.200. The van der Waals surface area contributed by atoms with Crippen molar-refractivity contribution in [2.75, 3.05) is 0 Å². The first-order valence-electron chi connectivity index (χ1n) is 8.51. The van der Waals surface area contributed by atoms with Gasteiger partial charge in [0.1, 0.15) is 0 Å². The van der Waals surface area contributed by atoms with E-state index in [0.717, 1.165) is 5.69 Å². The van der Waals surface area contributed by atoms with Crippen molar-refractivity contribution in [3.63, 3.8) is 0 Å². The average molecular weight is 357 g/mol. The Morgan fingerprint density at radius 1 is 0.783 bits per heavy atom. The number of benzene rings is 1. The van der Waals surface area contributed by atoms with Crippen LogP contribution in [0.5, 0.6) is 0 Å². The molecule has 1 aromatic rings. The third kappa shape index (κ3) is 6.31. The highest BCUT2D eigenvalue weighted by atomic mass is 32.1. The van der Waals surface area contributed by atoms with E-state index in [9.17, 15) is 0 Å². The van der Waals surface area contributed by atoms with Gasteiger partial charge in [-0.3, -0.25) is 0 Å². The summed E-state index contributed by atoms with van der Waals surface area (Å²) in [6, 6.07) is 10.1. The fourth-order valence-corrected chi connectivity index (χ4v) is 12.9. The van der Waals surface area contributed by atoms with Gasteiger partial charge in [0.05, 0.1) is 17.9 Å². The van der Waals surface area contributed by atoms with Crippen LogP contribution in [0.15, 0.2) is 35.1 Å². The van der Waals surface area contributed by atoms with Crippen LogP contribution in [0.4, 0.5) is 5.69 Å². The minimum absolute atomic E-state index is 0.0945. The highest BCUT2D eigenvalue weighted by molar-refractivity contribution is 8.30. The summed E-state index contributed by atoms with van der Waals surface area (Å²) in [4.78, 5) is 0. The summed E-state index contributed by atoms with van der Waals surface area (Å²) in [5, 5.41) is 0. The molecule has 1 aromatic carbocycles. The lowest BCUT2D eigenvalue weighted by atomic mass is 10.3. The molecule has 1 rings (SSSR count). The second-order valence-corrected chi connectivity index (χ2v) is 14.1. The number of hydrogen-bond acceptors (Lipinski definition) is 3. The molecule has 0 atom stereocenters. The standard InChI is InChI=1S/C18H33NO2P2/c1-14(2)20-23(21-15(3)4,22(16(5)6)17(7)8)19-18-12-10-9-11-13-18/h9-17H,1-8H3. The van der Waals surface area contributed by atoms with E-state index < -0.39 is 14.8 Å². The molecule has 3 nitrogen and oxygen atoms in total. The Morgan fingerprint density at radius 2 is 1.22 bits per heavy atom. The molecular formula is C18H33NO2P2. The molecule has 0 radical (unpaired) electrons. The van der Waals surface area contributed by atoms with Crippen LogP contribution >= 0.6 is 14.8 Å². The molecule has 23 heavy (non-hydrogen) atoms. The van der Waals surface area contributed by atoms with E-state index in [1.165, 1.54) is 0 Å². The van der Waals surface area contributed by atoms with Gasteiger partial charge < -0.3 is 9.05 Å². The van der Waals surface area contributed by atoms with E-state index in [0.29, 0.717) is 11.3 Å². The maximum Gasteiger partial charge on any atom is 0.239 e. The molecule has 0 bridgehead atoms. The summed E-state index contributed by atoms with van der Waals surface area (Å²) in [5.41, 5.74) is 1.96. The minimum Gasteiger partial charge on any atom is -0.318 e. The molecule has 0 fully saturated rings. The van der Waals surface area contributed by atoms with Crippen LogP contribution in [0.3, 0.4) is 0 Å². The molecule has 0 aliphatic rings. The third-order valence-electron chi connectivity index (χ3n) is 3.04. The van der Waals surface area contributed by atoms with Crippen molar-refractivity contribution < 1.29 is 9.05 Å². The second kappa shape index (κ2) is 9.33. The summed E-state index contributed by atoms with van der Waals surface area (Å²) in [5.74, 6) is 0. The maximum absolute atomic E-state index is 6.49. The van der Waals surface area contributed by atoms with Crippen LogP contribution in [0.25, 0.3) is 0 Å². The highest BCUT2D eigenvalue weighted by Crippen LogP contribution is 2.84. The quantitative estimate of drug-likeness (QED) is 0.453. The van der Waals surface area contributed by atoms with E-state index >= 15 is 0 Å². The van der Waals surface area contributed by atoms with Crippen LogP contribution in [0.2, 0.25) is 0 Å². The molecule has 0 spiro atoms. The normalized spacial score (nSPS) is 12.9. The van der Waals surface area contributed by atoms with Gasteiger partial charge in [0.25, 0.3) is 0 Å². The van der Waals surface area contributed by atoms with Gasteiger partial charge in [-0.2, -0.15) is 0 Å². The second-order valence-electron chi connectivity index (χ2n) is 6.80. The minimum atomic E-state index is -2.36. The average Bonchev–Trinajstić information content (AvgIpc) is 2.36. The first-order chi connectivity index (χ1) is 10.7. The SMILES string of the molecule is CC(C)OP(=Nc1ccccc1)(OC(C)C)P(C(C)C)C(C)C. The zero-order valence-corrected chi connectivity index (χ0v) is 17.6. The molecule has 0 aliphatic carbocycles. The lowest BCUT2D eigenvalue weighted by molar-refractivity contribution is 0.179. The molecule has 0 aromatic heterocycles. The van der Waals surface area contributed by atoms with Crippen molar-refractivity contribution in [1.29, 1.82) is 0 Å². The fourth-order valence-electron chi connectivity index (χ4n) is 2.60. The smallest absolute Gasteiger partial charge is 0.239 e. The molecule has 0 heterocycles. The van der Waals surface area contributed by atoms with Gasteiger partial charge in [-0.15, -0.1) is 0 Å². The Morgan fingerprint density at radius 3 is 1.57 bits per heavy atom. The van der Waals surface area contributed by atoms with Gasteiger partial charge in [-0.1, -0.05) is 45.9 Å². The molecule has 132 valence electrons. The highest BCUT2D eigenvalue weighted by Gasteiger charge is 2.39. The van der Waals surface area contributed by atoms with Crippen molar-refractivity contribution >= 4 is 20.5 Å². The van der Waals surface area contributed by atoms with Crippen molar-refractivity contribution in [1.82, 2.24) is 0 Å².